The molecule has 0 fully saturated rings. The second kappa shape index (κ2) is 4.61. The van der Waals surface area contributed by atoms with E-state index in [1.807, 2.05) is 0 Å². The van der Waals surface area contributed by atoms with Crippen molar-refractivity contribution < 1.29 is 0 Å². The van der Waals surface area contributed by atoms with Gasteiger partial charge in [-0.1, -0.05) is 37.7 Å². The summed E-state index contributed by atoms with van der Waals surface area (Å²) in [5.41, 5.74) is 7.08. The summed E-state index contributed by atoms with van der Waals surface area (Å²) in [4.78, 5) is 2.15. The Morgan fingerprint density at radius 1 is 1.25 bits per heavy atom. The first kappa shape index (κ1) is 11.1. The van der Waals surface area contributed by atoms with Crippen molar-refractivity contribution in [2.24, 2.45) is 0 Å². The van der Waals surface area contributed by atoms with Gasteiger partial charge in [-0.05, 0) is 23.6 Å². The Morgan fingerprint density at radius 3 is 2.44 bits per heavy atom. The van der Waals surface area contributed by atoms with E-state index in [-0.39, 0.29) is 0 Å². The number of benzene rings is 1. The number of hydrogen-bond acceptors (Lipinski definition) is 3. The van der Waals surface area contributed by atoms with E-state index in [9.17, 15) is 0 Å². The standard InChI is InChI=1S/C12H15N3S/c1-8(2)9-3-5-10(6-4-9)16-11-7-14-15-12(11)13/h3-8H,1-2H3,(H3,13,14,15). The van der Waals surface area contributed by atoms with Crippen LogP contribution < -0.4 is 5.73 Å². The van der Waals surface area contributed by atoms with Gasteiger partial charge in [0.05, 0.1) is 11.1 Å². The van der Waals surface area contributed by atoms with E-state index in [0.717, 1.165) is 4.90 Å². The second-order valence-electron chi connectivity index (χ2n) is 3.97. The van der Waals surface area contributed by atoms with Gasteiger partial charge in [-0.25, -0.2) is 0 Å². The summed E-state index contributed by atoms with van der Waals surface area (Å²) in [6.07, 6.45) is 1.75. The van der Waals surface area contributed by atoms with Crippen LogP contribution in [0.4, 0.5) is 5.82 Å². The third kappa shape index (κ3) is 2.39. The van der Waals surface area contributed by atoms with Gasteiger partial charge in [-0.2, -0.15) is 5.10 Å². The van der Waals surface area contributed by atoms with Crippen LogP contribution in [0.1, 0.15) is 25.3 Å². The molecule has 2 aromatic rings. The number of nitrogens with two attached hydrogens (primary N) is 1. The molecule has 84 valence electrons. The van der Waals surface area contributed by atoms with Crippen molar-refractivity contribution in [2.45, 2.75) is 29.6 Å². The molecule has 4 heteroatoms. The van der Waals surface area contributed by atoms with Gasteiger partial charge < -0.3 is 5.73 Å². The van der Waals surface area contributed by atoms with Crippen molar-refractivity contribution in [2.75, 3.05) is 5.73 Å². The number of aromatic nitrogens is 2. The summed E-state index contributed by atoms with van der Waals surface area (Å²) >= 11 is 1.62. The Hall–Kier alpha value is -1.42. The van der Waals surface area contributed by atoms with E-state index in [0.29, 0.717) is 11.7 Å². The molecule has 1 aromatic heterocycles. The number of nitrogens with zero attached hydrogens (tertiary/aromatic N) is 1. The number of nitrogens with one attached hydrogen (secondary N) is 1. The molecule has 3 nitrogen and oxygen atoms in total. The highest BCUT2D eigenvalue weighted by Gasteiger charge is 2.04. The Kier molecular flexibility index (Phi) is 3.19. The van der Waals surface area contributed by atoms with Crippen LogP contribution in [0.2, 0.25) is 0 Å². The third-order valence-electron chi connectivity index (χ3n) is 2.41. The number of nitrogen functional groups attached to an aromatic ring is 1. The lowest BCUT2D eigenvalue weighted by molar-refractivity contribution is 0.865. The summed E-state index contributed by atoms with van der Waals surface area (Å²) in [7, 11) is 0. The molecule has 0 bridgehead atoms. The first-order valence-corrected chi connectivity index (χ1v) is 6.05. The van der Waals surface area contributed by atoms with Crippen LogP contribution in [-0.4, -0.2) is 10.2 Å². The number of H-pyrrole nitrogens is 1. The Balaban J connectivity index is 2.14. The maximum atomic E-state index is 5.73. The van der Waals surface area contributed by atoms with Gasteiger partial charge in [-0.15, -0.1) is 0 Å². The molecule has 0 radical (unpaired) electrons. The van der Waals surface area contributed by atoms with Crippen molar-refractivity contribution in [3.8, 4) is 0 Å². The van der Waals surface area contributed by atoms with Crippen molar-refractivity contribution in [1.29, 1.82) is 0 Å². The lowest BCUT2D eigenvalue weighted by Gasteiger charge is -2.06. The molecular formula is C12H15N3S. The maximum Gasteiger partial charge on any atom is 0.133 e. The fourth-order valence-corrected chi connectivity index (χ4v) is 2.20. The highest BCUT2D eigenvalue weighted by Crippen LogP contribution is 2.31. The van der Waals surface area contributed by atoms with Crippen molar-refractivity contribution in [3.05, 3.63) is 36.0 Å². The molecule has 0 saturated carbocycles. The summed E-state index contributed by atoms with van der Waals surface area (Å²) in [5.74, 6) is 1.19. The normalized spacial score (nSPS) is 10.9. The number of rotatable bonds is 3. The zero-order valence-electron chi connectivity index (χ0n) is 9.40. The number of aromatic amines is 1. The zero-order chi connectivity index (χ0) is 11.5. The molecule has 0 spiro atoms. The average Bonchev–Trinajstić information content (AvgIpc) is 2.65. The zero-order valence-corrected chi connectivity index (χ0v) is 10.2. The minimum atomic E-state index is 0.568. The van der Waals surface area contributed by atoms with Gasteiger partial charge >= 0.3 is 0 Å². The van der Waals surface area contributed by atoms with Crippen molar-refractivity contribution >= 4 is 17.6 Å². The van der Waals surface area contributed by atoms with Crippen molar-refractivity contribution in [3.63, 3.8) is 0 Å². The van der Waals surface area contributed by atoms with Crippen LogP contribution in [0.25, 0.3) is 0 Å². The van der Waals surface area contributed by atoms with Crippen LogP contribution in [0.5, 0.6) is 0 Å². The number of anilines is 1. The minimum Gasteiger partial charge on any atom is -0.383 e. The average molecular weight is 233 g/mol. The lowest BCUT2D eigenvalue weighted by atomic mass is 10.0. The molecule has 0 amide bonds. The van der Waals surface area contributed by atoms with E-state index in [4.69, 9.17) is 5.73 Å². The summed E-state index contributed by atoms with van der Waals surface area (Å²) in [5, 5.41) is 6.62. The molecule has 16 heavy (non-hydrogen) atoms. The predicted molar refractivity (Wildman–Crippen MR) is 67.7 cm³/mol. The third-order valence-corrected chi connectivity index (χ3v) is 3.46. The fraction of sp³-hybridized carbons (Fsp3) is 0.250. The van der Waals surface area contributed by atoms with Crippen LogP contribution in [0.3, 0.4) is 0 Å². The van der Waals surface area contributed by atoms with E-state index >= 15 is 0 Å². The Bertz CT molecular complexity index is 459. The largest absolute Gasteiger partial charge is 0.383 e. The highest BCUT2D eigenvalue weighted by molar-refractivity contribution is 7.99. The van der Waals surface area contributed by atoms with Gasteiger partial charge in [0.15, 0.2) is 0 Å². The van der Waals surface area contributed by atoms with Gasteiger partial charge in [0.25, 0.3) is 0 Å². The summed E-state index contributed by atoms with van der Waals surface area (Å²) in [6.45, 7) is 4.38. The highest BCUT2D eigenvalue weighted by atomic mass is 32.2. The molecule has 1 heterocycles. The van der Waals surface area contributed by atoms with E-state index in [1.165, 1.54) is 10.5 Å². The van der Waals surface area contributed by atoms with Gasteiger partial charge in [0.2, 0.25) is 0 Å². The quantitative estimate of drug-likeness (QED) is 0.855. The van der Waals surface area contributed by atoms with Crippen LogP contribution in [-0.2, 0) is 0 Å². The Morgan fingerprint density at radius 2 is 1.94 bits per heavy atom. The van der Waals surface area contributed by atoms with Gasteiger partial charge in [0, 0.05) is 4.90 Å². The first-order valence-electron chi connectivity index (χ1n) is 5.23. The van der Waals surface area contributed by atoms with Gasteiger partial charge in [-0.3, -0.25) is 5.10 Å². The summed E-state index contributed by atoms with van der Waals surface area (Å²) in [6, 6.07) is 8.55. The van der Waals surface area contributed by atoms with Crippen LogP contribution in [0.15, 0.2) is 40.3 Å². The second-order valence-corrected chi connectivity index (χ2v) is 5.09. The molecule has 0 aliphatic carbocycles. The molecule has 3 N–H and O–H groups in total. The van der Waals surface area contributed by atoms with Crippen molar-refractivity contribution in [1.82, 2.24) is 10.2 Å². The first-order chi connectivity index (χ1) is 7.66. The van der Waals surface area contributed by atoms with E-state index in [1.54, 1.807) is 18.0 Å². The molecule has 0 unspecified atom stereocenters. The smallest absolute Gasteiger partial charge is 0.133 e. The maximum absolute atomic E-state index is 5.73. The van der Waals surface area contributed by atoms with Gasteiger partial charge in [0.1, 0.15) is 5.82 Å². The topological polar surface area (TPSA) is 54.7 Å². The molecule has 0 saturated heterocycles. The molecular weight excluding hydrogens is 218 g/mol. The molecule has 0 aliphatic rings. The summed E-state index contributed by atoms with van der Waals surface area (Å²) < 4.78 is 0. The minimum absolute atomic E-state index is 0.568. The molecule has 1 aromatic carbocycles. The molecule has 0 atom stereocenters. The molecule has 2 rings (SSSR count). The fourth-order valence-electron chi connectivity index (χ4n) is 1.41. The monoisotopic (exact) mass is 233 g/mol. The number of hydrogen-bond donors (Lipinski definition) is 2. The SMILES string of the molecule is CC(C)c1ccc(Sc2cn[nH]c2N)cc1. The molecule has 0 aliphatic heterocycles. The predicted octanol–water partition coefficient (Wildman–Crippen LogP) is 3.27. The van der Waals surface area contributed by atoms with Crippen LogP contribution >= 0.6 is 11.8 Å². The van der Waals surface area contributed by atoms with E-state index in [2.05, 4.69) is 48.3 Å². The van der Waals surface area contributed by atoms with E-state index < -0.39 is 0 Å². The van der Waals surface area contributed by atoms with Crippen LogP contribution in [0, 0.1) is 0 Å². The lowest BCUT2D eigenvalue weighted by Crippen LogP contribution is -1.87. The Labute approximate surface area is 99.4 Å².